The van der Waals surface area contributed by atoms with Crippen molar-refractivity contribution in [1.29, 1.82) is 0 Å². The van der Waals surface area contributed by atoms with Crippen LogP contribution in [-0.4, -0.2) is 32.8 Å². The van der Waals surface area contributed by atoms with E-state index in [1.807, 2.05) is 12.1 Å². The van der Waals surface area contributed by atoms with Crippen LogP contribution < -0.4 is 15.8 Å². The highest BCUT2D eigenvalue weighted by atomic mass is 35.5. The van der Waals surface area contributed by atoms with Crippen LogP contribution in [0.3, 0.4) is 0 Å². The normalized spacial score (nSPS) is 14.2. The van der Waals surface area contributed by atoms with Gasteiger partial charge in [0.2, 0.25) is 11.8 Å². The van der Waals surface area contributed by atoms with E-state index in [2.05, 4.69) is 10.4 Å². The Hall–Kier alpha value is -3.07. The summed E-state index contributed by atoms with van der Waals surface area (Å²) in [5.41, 5.74) is 5.77. The number of aromatic carboxylic acids is 1. The molecule has 1 aromatic heterocycles. The maximum Gasteiger partial charge on any atom is 0.356 e. The van der Waals surface area contributed by atoms with Crippen molar-refractivity contribution in [2.45, 2.75) is 71.4 Å². The molecule has 2 aromatic carbocycles. The molecule has 0 saturated heterocycles. The van der Waals surface area contributed by atoms with Crippen LogP contribution in [0.25, 0.3) is 5.69 Å². The maximum absolute atomic E-state index is 12.1. The molecule has 1 saturated carbocycles. The summed E-state index contributed by atoms with van der Waals surface area (Å²) in [4.78, 5) is 22.1. The van der Waals surface area contributed by atoms with Crippen molar-refractivity contribution in [3.63, 3.8) is 0 Å². The van der Waals surface area contributed by atoms with Crippen LogP contribution in [-0.2, 0) is 11.3 Å². The highest BCUT2D eigenvalue weighted by Gasteiger charge is 2.27. The van der Waals surface area contributed by atoms with Crippen LogP contribution >= 0.6 is 23.2 Å². The zero-order chi connectivity index (χ0) is 28.4. The SMILES string of the molecule is CC(C)C(N)=O.O=C(O)c1nn(-c2ccccc2Cl)c(Oc2ccc(Cl)cc2)c1CNC1CCCCCCC1. The Morgan fingerprint density at radius 2 is 1.64 bits per heavy atom. The smallest absolute Gasteiger partial charge is 0.356 e. The van der Waals surface area contributed by atoms with Crippen LogP contribution in [0, 0.1) is 5.92 Å². The van der Waals surface area contributed by atoms with Crippen molar-refractivity contribution in [2.24, 2.45) is 11.7 Å². The first-order valence-electron chi connectivity index (χ1n) is 13.2. The highest BCUT2D eigenvalue weighted by Crippen LogP contribution is 2.34. The molecule has 0 unspecified atom stereocenters. The number of halogens is 2. The Bertz CT molecular complexity index is 1240. The van der Waals surface area contributed by atoms with Crippen LogP contribution in [0.1, 0.15) is 74.8 Å². The molecule has 4 rings (SSSR count). The van der Waals surface area contributed by atoms with Crippen LogP contribution in [0.4, 0.5) is 0 Å². The van der Waals surface area contributed by atoms with Crippen molar-refractivity contribution in [3.8, 4) is 17.3 Å². The number of benzene rings is 2. The molecule has 3 aromatic rings. The molecule has 1 heterocycles. The lowest BCUT2D eigenvalue weighted by molar-refractivity contribution is -0.120. The minimum Gasteiger partial charge on any atom is -0.476 e. The molecule has 1 fully saturated rings. The molecule has 0 spiro atoms. The van der Waals surface area contributed by atoms with E-state index < -0.39 is 5.97 Å². The Labute approximate surface area is 239 Å². The zero-order valence-corrected chi connectivity index (χ0v) is 23.8. The topological polar surface area (TPSA) is 119 Å². The number of hydrogen-bond donors (Lipinski definition) is 3. The van der Waals surface area contributed by atoms with E-state index in [1.165, 1.54) is 36.8 Å². The highest BCUT2D eigenvalue weighted by molar-refractivity contribution is 6.32. The second kappa shape index (κ2) is 14.9. The number of carboxylic acid groups (broad SMARTS) is 1. The molecule has 4 N–H and O–H groups in total. The summed E-state index contributed by atoms with van der Waals surface area (Å²) in [5, 5.41) is 18.9. The van der Waals surface area contributed by atoms with Crippen LogP contribution in [0.2, 0.25) is 10.0 Å². The van der Waals surface area contributed by atoms with Crippen molar-refractivity contribution in [1.82, 2.24) is 15.1 Å². The maximum atomic E-state index is 12.1. The van der Waals surface area contributed by atoms with Gasteiger partial charge in [-0.05, 0) is 49.2 Å². The quantitative estimate of drug-likeness (QED) is 0.266. The van der Waals surface area contributed by atoms with Gasteiger partial charge in [0.05, 0.1) is 16.3 Å². The van der Waals surface area contributed by atoms with Crippen LogP contribution in [0.5, 0.6) is 11.6 Å². The Balaban J connectivity index is 0.000000631. The number of amides is 1. The molecular formula is C29H36Cl2N4O4. The molecular weight excluding hydrogens is 539 g/mol. The summed E-state index contributed by atoms with van der Waals surface area (Å²) in [7, 11) is 0. The van der Waals surface area contributed by atoms with Gasteiger partial charge in [0, 0.05) is 23.5 Å². The predicted octanol–water partition coefficient (Wildman–Crippen LogP) is 7.00. The first kappa shape index (κ1) is 30.5. The number of aromatic nitrogens is 2. The van der Waals surface area contributed by atoms with Gasteiger partial charge in [-0.15, -0.1) is 0 Å². The third kappa shape index (κ3) is 8.98. The molecule has 1 aliphatic carbocycles. The molecule has 8 nitrogen and oxygen atoms in total. The number of nitrogens with two attached hydrogens (primary N) is 1. The van der Waals surface area contributed by atoms with Gasteiger partial charge in [-0.25, -0.2) is 4.79 Å². The largest absolute Gasteiger partial charge is 0.476 e. The second-order valence-electron chi connectivity index (χ2n) is 9.84. The summed E-state index contributed by atoms with van der Waals surface area (Å²) in [6.45, 7) is 3.87. The van der Waals surface area contributed by atoms with Gasteiger partial charge in [0.25, 0.3) is 0 Å². The zero-order valence-electron chi connectivity index (χ0n) is 22.3. The van der Waals surface area contributed by atoms with Gasteiger partial charge in [0.15, 0.2) is 5.69 Å². The number of carbonyl (C=O) groups excluding carboxylic acids is 1. The number of nitrogens with one attached hydrogen (secondary N) is 1. The fourth-order valence-corrected chi connectivity index (χ4v) is 4.52. The fourth-order valence-electron chi connectivity index (χ4n) is 4.18. The lowest BCUT2D eigenvalue weighted by Crippen LogP contribution is -2.29. The summed E-state index contributed by atoms with van der Waals surface area (Å²) in [5.74, 6) is -0.519. The van der Waals surface area contributed by atoms with Gasteiger partial charge in [-0.3, -0.25) is 4.79 Å². The number of nitrogens with zero attached hydrogens (tertiary/aromatic N) is 2. The number of carboxylic acids is 1. The Kier molecular flexibility index (Phi) is 11.7. The molecule has 210 valence electrons. The van der Waals surface area contributed by atoms with E-state index in [9.17, 15) is 14.7 Å². The first-order chi connectivity index (χ1) is 18.7. The first-order valence-corrected chi connectivity index (χ1v) is 14.0. The number of rotatable bonds is 8. The van der Waals surface area contributed by atoms with Crippen molar-refractivity contribution < 1.29 is 19.4 Å². The summed E-state index contributed by atoms with van der Waals surface area (Å²) in [6, 6.07) is 14.4. The number of hydrogen-bond acceptors (Lipinski definition) is 5. The lowest BCUT2D eigenvalue weighted by Gasteiger charge is -2.21. The molecule has 1 amide bonds. The van der Waals surface area contributed by atoms with E-state index in [4.69, 9.17) is 33.7 Å². The summed E-state index contributed by atoms with van der Waals surface area (Å²) >= 11 is 12.5. The van der Waals surface area contributed by atoms with E-state index in [1.54, 1.807) is 50.2 Å². The number of carbonyl (C=O) groups is 2. The minimum atomic E-state index is -1.11. The van der Waals surface area contributed by atoms with Crippen molar-refractivity contribution in [3.05, 3.63) is 69.8 Å². The summed E-state index contributed by atoms with van der Waals surface area (Å²) in [6.07, 6.45) is 8.29. The van der Waals surface area contributed by atoms with Gasteiger partial charge in [-0.1, -0.05) is 81.3 Å². The summed E-state index contributed by atoms with van der Waals surface area (Å²) < 4.78 is 7.67. The number of para-hydroxylation sites is 1. The van der Waals surface area contributed by atoms with Crippen molar-refractivity contribution in [2.75, 3.05) is 0 Å². The molecule has 0 atom stereocenters. The fraction of sp³-hybridized carbons (Fsp3) is 0.414. The van der Waals surface area contributed by atoms with E-state index in [0.717, 1.165) is 12.8 Å². The monoisotopic (exact) mass is 574 g/mol. The van der Waals surface area contributed by atoms with Crippen LogP contribution in [0.15, 0.2) is 48.5 Å². The molecule has 0 bridgehead atoms. The predicted molar refractivity (Wildman–Crippen MR) is 154 cm³/mol. The molecule has 39 heavy (non-hydrogen) atoms. The molecule has 10 heteroatoms. The van der Waals surface area contributed by atoms with E-state index in [0.29, 0.717) is 45.5 Å². The second-order valence-corrected chi connectivity index (χ2v) is 10.7. The third-order valence-electron chi connectivity index (χ3n) is 6.49. The molecule has 0 aliphatic heterocycles. The Morgan fingerprint density at radius 3 is 2.21 bits per heavy atom. The van der Waals surface area contributed by atoms with E-state index in [-0.39, 0.29) is 17.5 Å². The van der Waals surface area contributed by atoms with Gasteiger partial charge >= 0.3 is 5.97 Å². The number of primary amides is 1. The lowest BCUT2D eigenvalue weighted by atomic mass is 9.96. The molecule has 1 aliphatic rings. The Morgan fingerprint density at radius 1 is 1.05 bits per heavy atom. The van der Waals surface area contributed by atoms with E-state index >= 15 is 0 Å². The standard InChI is InChI=1S/C25H27Cl2N3O3.C4H9NO/c26-17-12-14-19(15-13-17)33-24-20(16-28-18-8-4-2-1-3-5-9-18)23(25(31)32)29-30(24)22-11-7-6-10-21(22)27;1-3(2)4(5)6/h6-7,10-15,18,28H,1-5,8-9,16H2,(H,31,32);3H,1-2H3,(H2,5,6). The third-order valence-corrected chi connectivity index (χ3v) is 7.06. The van der Waals surface area contributed by atoms with Gasteiger partial charge < -0.3 is 20.9 Å². The van der Waals surface area contributed by atoms with Gasteiger partial charge in [-0.2, -0.15) is 9.78 Å². The minimum absolute atomic E-state index is 0.00926. The number of ether oxygens (including phenoxy) is 1. The van der Waals surface area contributed by atoms with Crippen molar-refractivity contribution >= 4 is 35.1 Å². The molecule has 0 radical (unpaired) electrons. The average molecular weight is 576 g/mol. The van der Waals surface area contributed by atoms with Gasteiger partial charge in [0.1, 0.15) is 5.75 Å². The average Bonchev–Trinajstić information content (AvgIpc) is 3.23.